The molecular formula is C17H22N4O. The van der Waals surface area contributed by atoms with Gasteiger partial charge in [-0.3, -0.25) is 4.79 Å². The number of rotatable bonds is 4. The number of anilines is 1. The molecule has 5 nitrogen and oxygen atoms in total. The lowest BCUT2D eigenvalue weighted by Gasteiger charge is -2.32. The number of fused-ring (bicyclic) bond motifs is 1. The minimum absolute atomic E-state index is 0.0218. The minimum atomic E-state index is 0.0218. The van der Waals surface area contributed by atoms with E-state index in [9.17, 15) is 4.79 Å². The van der Waals surface area contributed by atoms with Gasteiger partial charge in [0, 0.05) is 26.7 Å². The number of imidazole rings is 1. The van der Waals surface area contributed by atoms with Crippen molar-refractivity contribution in [2.75, 3.05) is 24.5 Å². The van der Waals surface area contributed by atoms with Crippen LogP contribution in [0.4, 0.5) is 5.95 Å². The van der Waals surface area contributed by atoms with Gasteiger partial charge in [0.15, 0.2) is 0 Å². The van der Waals surface area contributed by atoms with Gasteiger partial charge in [-0.2, -0.15) is 0 Å². The highest BCUT2D eigenvalue weighted by Gasteiger charge is 2.27. The second kappa shape index (κ2) is 6.22. The molecule has 0 aliphatic carbocycles. The van der Waals surface area contributed by atoms with Gasteiger partial charge < -0.3 is 14.8 Å². The first kappa shape index (κ1) is 14.6. The Morgan fingerprint density at radius 2 is 2.32 bits per heavy atom. The number of hydrogen-bond donors (Lipinski definition) is 1. The zero-order valence-corrected chi connectivity index (χ0v) is 13.0. The van der Waals surface area contributed by atoms with Crippen LogP contribution >= 0.6 is 0 Å². The number of amides is 1. The summed E-state index contributed by atoms with van der Waals surface area (Å²) in [5.41, 5.74) is 2.12. The number of hydrogen-bond acceptors (Lipinski definition) is 3. The molecule has 0 bridgehead atoms. The number of nitrogens with zero attached hydrogens (tertiary/aromatic N) is 3. The van der Waals surface area contributed by atoms with E-state index in [0.717, 1.165) is 42.9 Å². The molecule has 1 aliphatic rings. The predicted octanol–water partition coefficient (Wildman–Crippen LogP) is 2.09. The van der Waals surface area contributed by atoms with Crippen molar-refractivity contribution in [1.82, 2.24) is 14.9 Å². The van der Waals surface area contributed by atoms with E-state index in [0.29, 0.717) is 6.54 Å². The van der Waals surface area contributed by atoms with E-state index in [1.54, 1.807) is 6.08 Å². The fraction of sp³-hybridized carbons (Fsp3) is 0.412. The second-order valence-electron chi connectivity index (χ2n) is 5.78. The molecular weight excluding hydrogens is 276 g/mol. The van der Waals surface area contributed by atoms with E-state index in [2.05, 4.69) is 27.4 Å². The molecule has 0 radical (unpaired) electrons. The first-order chi connectivity index (χ1) is 10.7. The normalized spacial score (nSPS) is 18.4. The van der Waals surface area contributed by atoms with Crippen LogP contribution in [0.3, 0.4) is 0 Å². The van der Waals surface area contributed by atoms with Gasteiger partial charge in [0.25, 0.3) is 0 Å². The zero-order valence-electron chi connectivity index (χ0n) is 13.0. The summed E-state index contributed by atoms with van der Waals surface area (Å²) >= 11 is 0. The highest BCUT2D eigenvalue weighted by atomic mass is 16.1. The average molecular weight is 298 g/mol. The van der Waals surface area contributed by atoms with E-state index >= 15 is 0 Å². The highest BCUT2D eigenvalue weighted by molar-refractivity contribution is 5.81. The molecule has 0 saturated carbocycles. The Labute approximate surface area is 130 Å². The van der Waals surface area contributed by atoms with Crippen LogP contribution in [0.1, 0.15) is 12.8 Å². The standard InChI is InChI=1S/C17H22N4O/c1-3-10-18-16(22)13-7-6-11-21(12-13)17-19-14-8-4-5-9-15(14)20(17)2/h3-5,8-9,13H,1,6-7,10-12H2,2H3,(H,18,22). The summed E-state index contributed by atoms with van der Waals surface area (Å²) in [5, 5.41) is 2.90. The third kappa shape index (κ3) is 2.71. The molecule has 22 heavy (non-hydrogen) atoms. The molecule has 1 unspecified atom stereocenters. The summed E-state index contributed by atoms with van der Waals surface area (Å²) in [6.07, 6.45) is 3.66. The number of carbonyl (C=O) groups excluding carboxylic acids is 1. The molecule has 116 valence electrons. The first-order valence-electron chi connectivity index (χ1n) is 7.75. The van der Waals surface area contributed by atoms with E-state index < -0.39 is 0 Å². The Morgan fingerprint density at radius 1 is 1.50 bits per heavy atom. The van der Waals surface area contributed by atoms with Gasteiger partial charge in [0.1, 0.15) is 0 Å². The molecule has 2 aromatic rings. The molecule has 5 heteroatoms. The van der Waals surface area contributed by atoms with Crippen LogP contribution in [-0.2, 0) is 11.8 Å². The molecule has 1 atom stereocenters. The van der Waals surface area contributed by atoms with Crippen molar-refractivity contribution >= 4 is 22.9 Å². The van der Waals surface area contributed by atoms with Gasteiger partial charge in [-0.1, -0.05) is 18.2 Å². The zero-order chi connectivity index (χ0) is 15.5. The molecule has 1 amide bonds. The number of benzene rings is 1. The van der Waals surface area contributed by atoms with Crippen molar-refractivity contribution in [2.24, 2.45) is 13.0 Å². The van der Waals surface area contributed by atoms with Crippen LogP contribution in [0.2, 0.25) is 0 Å². The molecule has 1 saturated heterocycles. The van der Waals surface area contributed by atoms with Gasteiger partial charge in [0.2, 0.25) is 11.9 Å². The summed E-state index contributed by atoms with van der Waals surface area (Å²) in [7, 11) is 2.03. The van der Waals surface area contributed by atoms with E-state index in [1.807, 2.05) is 25.2 Å². The van der Waals surface area contributed by atoms with Gasteiger partial charge in [0.05, 0.1) is 17.0 Å². The van der Waals surface area contributed by atoms with Gasteiger partial charge in [-0.05, 0) is 25.0 Å². The van der Waals surface area contributed by atoms with E-state index in [4.69, 9.17) is 4.98 Å². The smallest absolute Gasteiger partial charge is 0.225 e. The number of para-hydroxylation sites is 2. The van der Waals surface area contributed by atoms with Crippen LogP contribution < -0.4 is 10.2 Å². The Hall–Kier alpha value is -2.30. The van der Waals surface area contributed by atoms with Crippen LogP contribution in [0, 0.1) is 5.92 Å². The molecule has 3 rings (SSSR count). The summed E-state index contributed by atoms with van der Waals surface area (Å²) in [4.78, 5) is 19.1. The lowest BCUT2D eigenvalue weighted by atomic mass is 9.97. The third-order valence-electron chi connectivity index (χ3n) is 4.26. The summed E-state index contributed by atoms with van der Waals surface area (Å²) in [6.45, 7) is 5.84. The number of aryl methyl sites for hydroxylation is 1. The first-order valence-corrected chi connectivity index (χ1v) is 7.75. The van der Waals surface area contributed by atoms with E-state index in [1.165, 1.54) is 0 Å². The van der Waals surface area contributed by atoms with Crippen LogP contribution in [0.25, 0.3) is 11.0 Å². The van der Waals surface area contributed by atoms with Crippen LogP contribution in [-0.4, -0.2) is 35.1 Å². The highest BCUT2D eigenvalue weighted by Crippen LogP contribution is 2.25. The third-order valence-corrected chi connectivity index (χ3v) is 4.26. The van der Waals surface area contributed by atoms with Gasteiger partial charge >= 0.3 is 0 Å². The Kier molecular flexibility index (Phi) is 4.13. The fourth-order valence-corrected chi connectivity index (χ4v) is 3.11. The molecule has 1 aliphatic heterocycles. The topological polar surface area (TPSA) is 50.2 Å². The number of nitrogens with one attached hydrogen (secondary N) is 1. The largest absolute Gasteiger partial charge is 0.352 e. The average Bonchev–Trinajstić information content (AvgIpc) is 2.90. The lowest BCUT2D eigenvalue weighted by Crippen LogP contribution is -2.44. The maximum absolute atomic E-state index is 12.2. The predicted molar refractivity (Wildman–Crippen MR) is 88.9 cm³/mol. The van der Waals surface area contributed by atoms with Crippen LogP contribution in [0.15, 0.2) is 36.9 Å². The van der Waals surface area contributed by atoms with Crippen molar-refractivity contribution in [3.63, 3.8) is 0 Å². The van der Waals surface area contributed by atoms with Crippen molar-refractivity contribution in [1.29, 1.82) is 0 Å². The maximum Gasteiger partial charge on any atom is 0.225 e. The SMILES string of the molecule is C=CCNC(=O)C1CCCN(c2nc3ccccc3n2C)C1. The Bertz CT molecular complexity index is 691. The number of carbonyl (C=O) groups is 1. The van der Waals surface area contributed by atoms with Crippen molar-refractivity contribution in [3.05, 3.63) is 36.9 Å². The summed E-state index contributed by atoms with van der Waals surface area (Å²) in [5.74, 6) is 1.08. The van der Waals surface area contributed by atoms with Crippen molar-refractivity contribution in [3.8, 4) is 0 Å². The molecule has 1 aromatic heterocycles. The van der Waals surface area contributed by atoms with E-state index in [-0.39, 0.29) is 11.8 Å². The minimum Gasteiger partial charge on any atom is -0.352 e. The summed E-state index contributed by atoms with van der Waals surface area (Å²) < 4.78 is 2.11. The maximum atomic E-state index is 12.2. The van der Waals surface area contributed by atoms with Crippen molar-refractivity contribution in [2.45, 2.75) is 12.8 Å². The quantitative estimate of drug-likeness (QED) is 0.879. The molecule has 1 aromatic carbocycles. The molecule has 1 fully saturated rings. The number of aromatic nitrogens is 2. The van der Waals surface area contributed by atoms with Crippen molar-refractivity contribution < 1.29 is 4.79 Å². The van der Waals surface area contributed by atoms with Gasteiger partial charge in [-0.15, -0.1) is 6.58 Å². The molecule has 1 N–H and O–H groups in total. The van der Waals surface area contributed by atoms with Crippen LogP contribution in [0.5, 0.6) is 0 Å². The Morgan fingerprint density at radius 3 is 3.09 bits per heavy atom. The number of piperidine rings is 1. The Balaban J connectivity index is 1.80. The fourth-order valence-electron chi connectivity index (χ4n) is 3.11. The second-order valence-corrected chi connectivity index (χ2v) is 5.78. The monoisotopic (exact) mass is 298 g/mol. The molecule has 0 spiro atoms. The summed E-state index contributed by atoms with van der Waals surface area (Å²) in [6, 6.07) is 8.12. The lowest BCUT2D eigenvalue weighted by molar-refractivity contribution is -0.125. The van der Waals surface area contributed by atoms with Gasteiger partial charge in [-0.25, -0.2) is 4.98 Å². The molecule has 2 heterocycles.